The van der Waals surface area contributed by atoms with Crippen molar-refractivity contribution >= 4 is 5.91 Å². The van der Waals surface area contributed by atoms with Gasteiger partial charge in [0.05, 0.1) is 6.07 Å². The molecule has 0 unspecified atom stereocenters. The highest BCUT2D eigenvalue weighted by Crippen LogP contribution is 2.15. The molecule has 0 saturated heterocycles. The topological polar surface area (TPSA) is 96.5 Å². The van der Waals surface area contributed by atoms with Gasteiger partial charge in [0.25, 0.3) is 0 Å². The Labute approximate surface area is 133 Å². The fourth-order valence-corrected chi connectivity index (χ4v) is 1.78. The number of nitriles is 1. The van der Waals surface area contributed by atoms with Crippen LogP contribution in [0.2, 0.25) is 0 Å². The molecule has 0 aliphatic carbocycles. The number of halogens is 1. The minimum atomic E-state index is -0.961. The molecule has 120 valence electrons. The lowest BCUT2D eigenvalue weighted by Crippen LogP contribution is -2.50. The van der Waals surface area contributed by atoms with Gasteiger partial charge in [-0.1, -0.05) is 13.8 Å². The first-order valence-electron chi connectivity index (χ1n) is 7.10. The second-order valence-electron chi connectivity index (χ2n) is 5.67. The molecular formula is C15H17FN6O. The van der Waals surface area contributed by atoms with E-state index in [1.165, 1.54) is 24.3 Å². The molecule has 0 aliphatic heterocycles. The van der Waals surface area contributed by atoms with Crippen molar-refractivity contribution in [3.8, 4) is 17.5 Å². The Bertz CT molecular complexity index is 733. The van der Waals surface area contributed by atoms with E-state index in [1.54, 1.807) is 6.92 Å². The fraction of sp³-hybridized carbons (Fsp3) is 0.400. The fourth-order valence-electron chi connectivity index (χ4n) is 1.78. The first kappa shape index (κ1) is 16.5. The van der Waals surface area contributed by atoms with Gasteiger partial charge in [-0.25, -0.2) is 4.39 Å². The number of tetrazole rings is 1. The molecule has 0 saturated carbocycles. The number of nitrogens with zero attached hydrogens (tertiary/aromatic N) is 5. The number of amides is 1. The molecule has 2 aromatic rings. The lowest BCUT2D eigenvalue weighted by Gasteiger charge is -2.27. The smallest absolute Gasteiger partial charge is 0.244 e. The number of hydrogen-bond donors (Lipinski definition) is 1. The molecule has 1 aromatic carbocycles. The van der Waals surface area contributed by atoms with Crippen molar-refractivity contribution in [2.24, 2.45) is 5.92 Å². The van der Waals surface area contributed by atoms with Crippen LogP contribution >= 0.6 is 0 Å². The molecule has 0 fully saturated rings. The summed E-state index contributed by atoms with van der Waals surface area (Å²) in [5.41, 5.74) is -0.362. The van der Waals surface area contributed by atoms with Crippen LogP contribution in [0.1, 0.15) is 20.8 Å². The molecule has 0 aliphatic rings. The summed E-state index contributed by atoms with van der Waals surface area (Å²) in [5.74, 6) is -0.490. The number of carbonyl (C=O) groups is 1. The summed E-state index contributed by atoms with van der Waals surface area (Å²) >= 11 is 0. The maximum atomic E-state index is 12.9. The summed E-state index contributed by atoms with van der Waals surface area (Å²) in [7, 11) is 0. The van der Waals surface area contributed by atoms with Crippen molar-refractivity contribution < 1.29 is 9.18 Å². The summed E-state index contributed by atoms with van der Waals surface area (Å²) < 4.78 is 12.9. The molecule has 7 nitrogen and oxygen atoms in total. The summed E-state index contributed by atoms with van der Waals surface area (Å²) in [6, 6.07) is 7.75. The Morgan fingerprint density at radius 1 is 1.43 bits per heavy atom. The first-order chi connectivity index (χ1) is 10.8. The maximum Gasteiger partial charge on any atom is 0.244 e. The second-order valence-corrected chi connectivity index (χ2v) is 5.67. The number of hydrogen-bond acceptors (Lipinski definition) is 5. The zero-order valence-electron chi connectivity index (χ0n) is 13.1. The van der Waals surface area contributed by atoms with Gasteiger partial charge in [0.15, 0.2) is 0 Å². The Kier molecular flexibility index (Phi) is 4.69. The minimum absolute atomic E-state index is 0.0464. The average Bonchev–Trinajstić information content (AvgIpc) is 2.95. The van der Waals surface area contributed by atoms with Gasteiger partial charge in [-0.2, -0.15) is 10.1 Å². The lowest BCUT2D eigenvalue weighted by molar-refractivity contribution is -0.123. The molecule has 1 atom stereocenters. The minimum Gasteiger partial charge on any atom is -0.336 e. The predicted molar refractivity (Wildman–Crippen MR) is 80.2 cm³/mol. The Hall–Kier alpha value is -2.82. The van der Waals surface area contributed by atoms with Crippen LogP contribution in [-0.2, 0) is 11.3 Å². The van der Waals surface area contributed by atoms with Crippen molar-refractivity contribution in [3.05, 3.63) is 30.1 Å². The molecule has 1 heterocycles. The summed E-state index contributed by atoms with van der Waals surface area (Å²) in [5, 5.41) is 23.6. The Morgan fingerprint density at radius 2 is 2.09 bits per heavy atom. The molecule has 2 rings (SSSR count). The SMILES string of the molecule is CC(C)[C@](C)(C#N)NC(=O)Cn1nnc(-c2ccc(F)cc2)n1. The van der Waals surface area contributed by atoms with Gasteiger partial charge < -0.3 is 5.32 Å². The van der Waals surface area contributed by atoms with E-state index >= 15 is 0 Å². The summed E-state index contributed by atoms with van der Waals surface area (Å²) in [4.78, 5) is 13.2. The molecule has 8 heteroatoms. The second kappa shape index (κ2) is 6.52. The third-order valence-electron chi connectivity index (χ3n) is 3.63. The number of carbonyl (C=O) groups excluding carboxylic acids is 1. The van der Waals surface area contributed by atoms with Gasteiger partial charge in [-0.3, -0.25) is 4.79 Å². The largest absolute Gasteiger partial charge is 0.336 e. The van der Waals surface area contributed by atoms with Gasteiger partial charge in [0, 0.05) is 5.56 Å². The molecule has 1 amide bonds. The van der Waals surface area contributed by atoms with E-state index in [1.807, 2.05) is 13.8 Å². The molecule has 0 bridgehead atoms. The van der Waals surface area contributed by atoms with E-state index in [0.29, 0.717) is 11.4 Å². The van der Waals surface area contributed by atoms with Gasteiger partial charge in [-0.05, 0) is 42.3 Å². The van der Waals surface area contributed by atoms with Gasteiger partial charge in [-0.15, -0.1) is 10.2 Å². The number of aromatic nitrogens is 4. The van der Waals surface area contributed by atoms with E-state index < -0.39 is 5.54 Å². The average molecular weight is 316 g/mol. The number of benzene rings is 1. The quantitative estimate of drug-likeness (QED) is 0.902. The Balaban J connectivity index is 2.06. The molecule has 0 radical (unpaired) electrons. The van der Waals surface area contributed by atoms with Crippen molar-refractivity contribution in [1.29, 1.82) is 5.26 Å². The zero-order valence-corrected chi connectivity index (χ0v) is 13.1. The van der Waals surface area contributed by atoms with E-state index in [-0.39, 0.29) is 24.2 Å². The Morgan fingerprint density at radius 3 is 2.65 bits per heavy atom. The van der Waals surface area contributed by atoms with Crippen LogP contribution in [0.25, 0.3) is 11.4 Å². The van der Waals surface area contributed by atoms with Crippen LogP contribution in [-0.4, -0.2) is 31.7 Å². The zero-order chi connectivity index (χ0) is 17.0. The molecular weight excluding hydrogens is 299 g/mol. The maximum absolute atomic E-state index is 12.9. The molecule has 1 N–H and O–H groups in total. The highest BCUT2D eigenvalue weighted by molar-refractivity contribution is 5.77. The van der Waals surface area contributed by atoms with Crippen molar-refractivity contribution in [2.75, 3.05) is 0 Å². The summed E-state index contributed by atoms with van der Waals surface area (Å²) in [6.45, 7) is 5.21. The third-order valence-corrected chi connectivity index (χ3v) is 3.63. The van der Waals surface area contributed by atoms with E-state index in [0.717, 1.165) is 4.80 Å². The first-order valence-corrected chi connectivity index (χ1v) is 7.10. The van der Waals surface area contributed by atoms with Crippen LogP contribution in [0, 0.1) is 23.1 Å². The van der Waals surface area contributed by atoms with Crippen LogP contribution < -0.4 is 5.32 Å². The lowest BCUT2D eigenvalue weighted by atomic mass is 9.90. The number of rotatable bonds is 5. The van der Waals surface area contributed by atoms with Crippen LogP contribution in [0.3, 0.4) is 0 Å². The van der Waals surface area contributed by atoms with Gasteiger partial charge in [0.2, 0.25) is 11.7 Å². The van der Waals surface area contributed by atoms with Crippen LogP contribution in [0.15, 0.2) is 24.3 Å². The highest BCUT2D eigenvalue weighted by atomic mass is 19.1. The monoisotopic (exact) mass is 316 g/mol. The van der Waals surface area contributed by atoms with Gasteiger partial charge >= 0.3 is 0 Å². The molecule has 0 spiro atoms. The number of nitrogens with one attached hydrogen (secondary N) is 1. The third kappa shape index (κ3) is 3.88. The highest BCUT2D eigenvalue weighted by Gasteiger charge is 2.30. The standard InChI is InChI=1S/C15H17FN6O/c1-10(2)15(3,9-17)18-13(23)8-22-20-14(19-21-22)11-4-6-12(16)7-5-11/h4-7,10H,8H2,1-3H3,(H,18,23)/t15-/m0/s1. The van der Waals surface area contributed by atoms with Crippen LogP contribution in [0.4, 0.5) is 4.39 Å². The van der Waals surface area contributed by atoms with Gasteiger partial charge in [0.1, 0.15) is 17.9 Å². The summed E-state index contributed by atoms with van der Waals surface area (Å²) in [6.07, 6.45) is 0. The van der Waals surface area contributed by atoms with Crippen molar-refractivity contribution in [1.82, 2.24) is 25.5 Å². The molecule has 1 aromatic heterocycles. The van der Waals surface area contributed by atoms with Crippen molar-refractivity contribution in [3.63, 3.8) is 0 Å². The van der Waals surface area contributed by atoms with E-state index in [4.69, 9.17) is 0 Å². The van der Waals surface area contributed by atoms with E-state index in [2.05, 4.69) is 26.8 Å². The molecule has 23 heavy (non-hydrogen) atoms. The van der Waals surface area contributed by atoms with E-state index in [9.17, 15) is 14.4 Å². The predicted octanol–water partition coefficient (Wildman–Crippen LogP) is 1.53. The van der Waals surface area contributed by atoms with Crippen LogP contribution in [0.5, 0.6) is 0 Å². The normalized spacial score (nSPS) is 13.4. The van der Waals surface area contributed by atoms with Crippen molar-refractivity contribution in [2.45, 2.75) is 32.9 Å².